The van der Waals surface area contributed by atoms with Crippen LogP contribution in [0.3, 0.4) is 0 Å². The van der Waals surface area contributed by atoms with Gasteiger partial charge in [-0.25, -0.2) is 4.98 Å². The van der Waals surface area contributed by atoms with Gasteiger partial charge in [0.05, 0.1) is 30.0 Å². The molecule has 6 nitrogen and oxygen atoms in total. The van der Waals surface area contributed by atoms with E-state index in [0.29, 0.717) is 17.8 Å². The summed E-state index contributed by atoms with van der Waals surface area (Å²) in [5.74, 6) is 1.38. The second-order valence-corrected chi connectivity index (χ2v) is 9.64. The van der Waals surface area contributed by atoms with Crippen LogP contribution in [0.2, 0.25) is 0 Å². The van der Waals surface area contributed by atoms with Gasteiger partial charge in [-0.2, -0.15) is 0 Å². The van der Waals surface area contributed by atoms with Gasteiger partial charge in [-0.1, -0.05) is 13.8 Å². The van der Waals surface area contributed by atoms with Gasteiger partial charge < -0.3 is 14.7 Å². The quantitative estimate of drug-likeness (QED) is 0.852. The second-order valence-electron chi connectivity index (χ2n) is 8.61. The van der Waals surface area contributed by atoms with Crippen LogP contribution in [0.25, 0.3) is 0 Å². The third kappa shape index (κ3) is 3.79. The highest BCUT2D eigenvalue weighted by atomic mass is 32.1. The van der Waals surface area contributed by atoms with E-state index in [9.17, 15) is 9.90 Å². The molecule has 3 fully saturated rings. The molecule has 2 aliphatic heterocycles. The topological polar surface area (TPSA) is 65.9 Å². The Kier molecular flexibility index (Phi) is 5.56. The molecule has 1 saturated carbocycles. The van der Waals surface area contributed by atoms with E-state index in [1.165, 1.54) is 0 Å². The van der Waals surface area contributed by atoms with Crippen molar-refractivity contribution in [3.8, 4) is 0 Å². The molecule has 3 heterocycles. The number of amides is 1. The molecule has 2 saturated heterocycles. The first kappa shape index (κ1) is 19.3. The minimum Gasteiger partial charge on any atom is -0.391 e. The minimum atomic E-state index is -0.294. The van der Waals surface area contributed by atoms with E-state index in [-0.39, 0.29) is 18.1 Å². The number of carbonyl (C=O) groups excluding carboxylic acids is 1. The summed E-state index contributed by atoms with van der Waals surface area (Å²) in [6.45, 7) is 11.1. The Labute approximate surface area is 165 Å². The number of nitrogens with zero attached hydrogens (tertiary/aromatic N) is 3. The summed E-state index contributed by atoms with van der Waals surface area (Å²) in [4.78, 5) is 22.9. The van der Waals surface area contributed by atoms with Gasteiger partial charge in [0.25, 0.3) is 5.91 Å². The Morgan fingerprint density at radius 2 is 1.89 bits per heavy atom. The number of hydrogen-bond acceptors (Lipinski definition) is 6. The van der Waals surface area contributed by atoms with Crippen molar-refractivity contribution >= 4 is 17.2 Å². The smallest absolute Gasteiger partial charge is 0.265 e. The van der Waals surface area contributed by atoms with Gasteiger partial charge in [0.15, 0.2) is 0 Å². The molecular formula is C20H31N3O3S. The van der Waals surface area contributed by atoms with Crippen molar-refractivity contribution in [3.05, 3.63) is 15.6 Å². The number of morpholine rings is 1. The largest absolute Gasteiger partial charge is 0.391 e. The summed E-state index contributed by atoms with van der Waals surface area (Å²) in [6.07, 6.45) is 1.49. The zero-order chi connectivity index (χ0) is 19.1. The average molecular weight is 394 g/mol. The van der Waals surface area contributed by atoms with Gasteiger partial charge >= 0.3 is 0 Å². The molecule has 1 amide bonds. The second kappa shape index (κ2) is 7.78. The molecule has 0 spiro atoms. The number of rotatable bonds is 3. The van der Waals surface area contributed by atoms with Crippen LogP contribution in [0.1, 0.15) is 53.0 Å². The maximum absolute atomic E-state index is 13.1. The van der Waals surface area contributed by atoms with Crippen molar-refractivity contribution in [1.82, 2.24) is 14.8 Å². The van der Waals surface area contributed by atoms with E-state index in [2.05, 4.69) is 23.7 Å². The van der Waals surface area contributed by atoms with Crippen LogP contribution in [0, 0.1) is 18.8 Å². The van der Waals surface area contributed by atoms with Crippen molar-refractivity contribution in [2.24, 2.45) is 11.8 Å². The van der Waals surface area contributed by atoms with E-state index in [1.54, 1.807) is 11.3 Å². The fourth-order valence-corrected chi connectivity index (χ4v) is 5.92. The molecule has 7 heteroatoms. The van der Waals surface area contributed by atoms with Crippen molar-refractivity contribution < 1.29 is 14.6 Å². The molecule has 1 aliphatic carbocycles. The number of ether oxygens (including phenoxy) is 1. The third-order valence-electron chi connectivity index (χ3n) is 6.41. The van der Waals surface area contributed by atoms with E-state index < -0.39 is 0 Å². The first-order valence-electron chi connectivity index (χ1n) is 10.2. The number of aryl methyl sites for hydroxylation is 1. The summed E-state index contributed by atoms with van der Waals surface area (Å²) in [6, 6.07) is 0.211. The highest BCUT2D eigenvalue weighted by Gasteiger charge is 2.45. The lowest BCUT2D eigenvalue weighted by Gasteiger charge is -2.43. The van der Waals surface area contributed by atoms with Crippen molar-refractivity contribution in [1.29, 1.82) is 0 Å². The van der Waals surface area contributed by atoms with E-state index in [4.69, 9.17) is 4.74 Å². The van der Waals surface area contributed by atoms with E-state index in [0.717, 1.165) is 67.8 Å². The molecule has 1 aromatic heterocycles. The number of likely N-dealkylation sites (tertiary alicyclic amines) is 1. The van der Waals surface area contributed by atoms with Gasteiger partial charge in [-0.3, -0.25) is 9.69 Å². The molecule has 4 atom stereocenters. The Bertz CT molecular complexity index is 686. The standard InChI is InChI=1S/C20H31N3O3S/c1-12(2)19-21-13(3)18(27-19)20(25)23-10-14-8-16(17(24)9-15(14)11-23)22-4-6-26-7-5-22/h12,14-17,24H,4-11H2,1-3H3/t14-,15+,16-,17-/m1/s1. The van der Waals surface area contributed by atoms with E-state index in [1.807, 2.05) is 11.8 Å². The number of aromatic nitrogens is 1. The maximum atomic E-state index is 13.1. The molecule has 1 aromatic rings. The molecule has 0 radical (unpaired) electrons. The number of aliphatic hydroxyl groups is 1. The molecule has 4 rings (SSSR count). The molecule has 0 aromatic carbocycles. The molecule has 3 aliphatic rings. The zero-order valence-corrected chi connectivity index (χ0v) is 17.4. The SMILES string of the molecule is Cc1nc(C(C)C)sc1C(=O)N1C[C@H]2C[C@@H](N3CCOCC3)[C@H](O)C[C@H]2C1. The van der Waals surface area contributed by atoms with Gasteiger partial charge in [0.1, 0.15) is 4.88 Å². The molecule has 27 heavy (non-hydrogen) atoms. The first-order chi connectivity index (χ1) is 12.9. The minimum absolute atomic E-state index is 0.128. The normalized spacial score (nSPS) is 32.1. The Morgan fingerprint density at radius 3 is 2.52 bits per heavy atom. The first-order valence-corrected chi connectivity index (χ1v) is 11.0. The molecule has 150 valence electrons. The lowest BCUT2D eigenvalue weighted by molar-refractivity contribution is -0.0520. The lowest BCUT2D eigenvalue weighted by Crippen LogP contribution is -2.53. The summed E-state index contributed by atoms with van der Waals surface area (Å²) in [7, 11) is 0. The summed E-state index contributed by atoms with van der Waals surface area (Å²) in [5.41, 5.74) is 0.856. The highest BCUT2D eigenvalue weighted by Crippen LogP contribution is 2.39. The van der Waals surface area contributed by atoms with Crippen LogP contribution >= 0.6 is 11.3 Å². The predicted molar refractivity (Wildman–Crippen MR) is 105 cm³/mol. The Morgan fingerprint density at radius 1 is 1.22 bits per heavy atom. The highest BCUT2D eigenvalue weighted by molar-refractivity contribution is 7.13. The van der Waals surface area contributed by atoms with Crippen LogP contribution < -0.4 is 0 Å². The fourth-order valence-electron chi connectivity index (χ4n) is 4.88. The van der Waals surface area contributed by atoms with Gasteiger partial charge in [-0.05, 0) is 31.6 Å². The average Bonchev–Trinajstić information content (AvgIpc) is 3.24. The van der Waals surface area contributed by atoms with Crippen LogP contribution in [-0.4, -0.2) is 77.3 Å². The van der Waals surface area contributed by atoms with Crippen molar-refractivity contribution in [2.45, 2.75) is 51.7 Å². The van der Waals surface area contributed by atoms with Crippen LogP contribution in [-0.2, 0) is 4.74 Å². The van der Waals surface area contributed by atoms with Gasteiger partial charge in [-0.15, -0.1) is 11.3 Å². The maximum Gasteiger partial charge on any atom is 0.265 e. The van der Waals surface area contributed by atoms with Crippen molar-refractivity contribution in [2.75, 3.05) is 39.4 Å². The summed E-state index contributed by atoms with van der Waals surface area (Å²) < 4.78 is 5.46. The molecular weight excluding hydrogens is 362 g/mol. The van der Waals surface area contributed by atoms with E-state index >= 15 is 0 Å². The molecule has 0 unspecified atom stereocenters. The Balaban J connectivity index is 1.44. The van der Waals surface area contributed by atoms with Gasteiger partial charge in [0.2, 0.25) is 0 Å². The van der Waals surface area contributed by atoms with Crippen LogP contribution in [0.4, 0.5) is 0 Å². The number of thiazole rings is 1. The lowest BCUT2D eigenvalue weighted by atomic mass is 9.77. The molecule has 0 bridgehead atoms. The molecule has 1 N–H and O–H groups in total. The monoisotopic (exact) mass is 393 g/mol. The predicted octanol–water partition coefficient (Wildman–Crippen LogP) is 2.12. The fraction of sp³-hybridized carbons (Fsp3) is 0.800. The number of hydrogen-bond donors (Lipinski definition) is 1. The van der Waals surface area contributed by atoms with Crippen molar-refractivity contribution in [3.63, 3.8) is 0 Å². The van der Waals surface area contributed by atoms with Crippen LogP contribution in [0.15, 0.2) is 0 Å². The van der Waals surface area contributed by atoms with Gasteiger partial charge in [0, 0.05) is 38.1 Å². The summed E-state index contributed by atoms with van der Waals surface area (Å²) >= 11 is 1.55. The number of carbonyl (C=O) groups is 1. The third-order valence-corrected chi connectivity index (χ3v) is 7.86. The zero-order valence-electron chi connectivity index (χ0n) is 16.6. The number of aliphatic hydroxyl groups excluding tert-OH is 1. The van der Waals surface area contributed by atoms with Crippen LogP contribution in [0.5, 0.6) is 0 Å². The Hall–Kier alpha value is -1.02. The number of fused-ring (bicyclic) bond motifs is 1. The summed E-state index contributed by atoms with van der Waals surface area (Å²) in [5, 5.41) is 11.8.